The smallest absolute Gasteiger partial charge is 0.343 e. The molecule has 0 fully saturated rings. The molecule has 26 heavy (non-hydrogen) atoms. The molecule has 0 unspecified atom stereocenters. The fourth-order valence-electron chi connectivity index (χ4n) is 2.36. The fraction of sp³-hybridized carbons (Fsp3) is 0.812. The topological polar surface area (TPSA) is 117 Å². The lowest BCUT2D eigenvalue weighted by molar-refractivity contribution is -0.168. The molecule has 0 aliphatic rings. The van der Waals surface area contributed by atoms with Crippen molar-refractivity contribution in [2.75, 3.05) is 32.6 Å². The van der Waals surface area contributed by atoms with E-state index in [-0.39, 0.29) is 45.4 Å². The van der Waals surface area contributed by atoms with Crippen LogP contribution in [0.15, 0.2) is 0 Å². The van der Waals surface area contributed by atoms with Crippen molar-refractivity contribution in [3.63, 3.8) is 0 Å². The van der Waals surface area contributed by atoms with E-state index < -0.39 is 31.0 Å². The maximum Gasteiger partial charge on any atom is 0.343 e. The number of hydrogen-bond donors (Lipinski definition) is 1. The molecule has 1 amide bonds. The second kappa shape index (κ2) is 12.0. The molecule has 0 spiro atoms. The van der Waals surface area contributed by atoms with Gasteiger partial charge in [0.1, 0.15) is 0 Å². The van der Waals surface area contributed by atoms with Gasteiger partial charge in [-0.2, -0.15) is 0 Å². The van der Waals surface area contributed by atoms with Crippen molar-refractivity contribution in [2.45, 2.75) is 53.0 Å². The Labute approximate surface area is 154 Å². The highest BCUT2D eigenvalue weighted by Crippen LogP contribution is 2.49. The Morgan fingerprint density at radius 1 is 0.885 bits per heavy atom. The van der Waals surface area contributed by atoms with Crippen LogP contribution in [-0.2, 0) is 37.5 Å². The van der Waals surface area contributed by atoms with Gasteiger partial charge >= 0.3 is 19.5 Å². The van der Waals surface area contributed by atoms with Gasteiger partial charge in [-0.05, 0) is 40.5 Å². The predicted octanol–water partition coefficient (Wildman–Crippen LogP) is 2.03. The second-order valence-electron chi connectivity index (χ2n) is 5.30. The van der Waals surface area contributed by atoms with Crippen LogP contribution in [0.3, 0.4) is 0 Å². The molecule has 0 radical (unpaired) electrons. The van der Waals surface area contributed by atoms with Crippen LogP contribution in [0.4, 0.5) is 0 Å². The zero-order valence-corrected chi connectivity index (χ0v) is 17.1. The van der Waals surface area contributed by atoms with E-state index in [0.717, 1.165) is 0 Å². The van der Waals surface area contributed by atoms with E-state index in [1.807, 2.05) is 0 Å². The zero-order chi connectivity index (χ0) is 20.2. The average Bonchev–Trinajstić information content (AvgIpc) is 2.54. The normalized spacial score (nSPS) is 11.7. The number of carbonyl (C=O) groups excluding carboxylic acids is 3. The van der Waals surface area contributed by atoms with Crippen LogP contribution in [0.25, 0.3) is 0 Å². The third-order valence-electron chi connectivity index (χ3n) is 3.27. The summed E-state index contributed by atoms with van der Waals surface area (Å²) >= 11 is 0. The van der Waals surface area contributed by atoms with E-state index in [1.165, 1.54) is 6.92 Å². The van der Waals surface area contributed by atoms with Crippen LogP contribution in [0.2, 0.25) is 0 Å². The van der Waals surface area contributed by atoms with Crippen molar-refractivity contribution in [1.29, 1.82) is 0 Å². The summed E-state index contributed by atoms with van der Waals surface area (Å²) in [5.74, 6) is -2.43. The van der Waals surface area contributed by atoms with Gasteiger partial charge in [0.05, 0.1) is 32.6 Å². The van der Waals surface area contributed by atoms with Crippen LogP contribution in [-0.4, -0.2) is 56.0 Å². The highest BCUT2D eigenvalue weighted by Gasteiger charge is 2.49. The van der Waals surface area contributed by atoms with Crippen molar-refractivity contribution in [3.8, 4) is 0 Å². The summed E-state index contributed by atoms with van der Waals surface area (Å²) in [6, 6.07) is 0. The van der Waals surface area contributed by atoms with E-state index in [0.29, 0.717) is 0 Å². The monoisotopic (exact) mass is 395 g/mol. The number of carbonyl (C=O) groups is 3. The van der Waals surface area contributed by atoms with Gasteiger partial charge in [-0.15, -0.1) is 0 Å². The lowest BCUT2D eigenvalue weighted by Crippen LogP contribution is -2.61. The predicted molar refractivity (Wildman–Crippen MR) is 94.8 cm³/mol. The molecule has 0 saturated heterocycles. The molecule has 0 aliphatic heterocycles. The minimum absolute atomic E-state index is 0.0190. The van der Waals surface area contributed by atoms with Gasteiger partial charge in [0, 0.05) is 6.92 Å². The third kappa shape index (κ3) is 7.43. The van der Waals surface area contributed by atoms with Crippen molar-refractivity contribution < 1.29 is 37.5 Å². The molecule has 0 aromatic rings. The fourth-order valence-corrected chi connectivity index (χ4v) is 4.02. The lowest BCUT2D eigenvalue weighted by Gasteiger charge is -2.30. The van der Waals surface area contributed by atoms with Crippen molar-refractivity contribution >= 4 is 25.4 Å². The minimum Gasteiger partial charge on any atom is -0.464 e. The molecule has 0 atom stereocenters. The highest BCUT2D eigenvalue weighted by atomic mass is 31.2. The van der Waals surface area contributed by atoms with Crippen LogP contribution >= 0.6 is 7.60 Å². The molecule has 1 N–H and O–H groups in total. The number of amides is 1. The largest absolute Gasteiger partial charge is 0.464 e. The van der Waals surface area contributed by atoms with Crippen molar-refractivity contribution in [3.05, 3.63) is 0 Å². The van der Waals surface area contributed by atoms with Gasteiger partial charge < -0.3 is 23.8 Å². The molecule has 0 aromatic heterocycles. The van der Waals surface area contributed by atoms with Crippen molar-refractivity contribution in [2.24, 2.45) is 0 Å². The van der Waals surface area contributed by atoms with E-state index in [2.05, 4.69) is 5.32 Å². The molecule has 0 bridgehead atoms. The van der Waals surface area contributed by atoms with E-state index in [4.69, 9.17) is 18.5 Å². The molecule has 0 heterocycles. The van der Waals surface area contributed by atoms with Gasteiger partial charge in [0.25, 0.3) is 0 Å². The first-order chi connectivity index (χ1) is 12.2. The Bertz CT molecular complexity index is 494. The summed E-state index contributed by atoms with van der Waals surface area (Å²) in [4.78, 5) is 36.5. The quantitative estimate of drug-likeness (QED) is 0.286. The maximum absolute atomic E-state index is 12.5. The first kappa shape index (κ1) is 24.6. The number of esters is 2. The minimum atomic E-state index is -3.35. The maximum atomic E-state index is 12.5. The molecular weight excluding hydrogens is 365 g/mol. The highest BCUT2D eigenvalue weighted by molar-refractivity contribution is 7.53. The number of nitrogens with one attached hydrogen (secondary N) is 1. The molecule has 9 nitrogen and oxygen atoms in total. The van der Waals surface area contributed by atoms with Crippen LogP contribution < -0.4 is 5.32 Å². The van der Waals surface area contributed by atoms with Gasteiger partial charge in [0.15, 0.2) is 0 Å². The summed E-state index contributed by atoms with van der Waals surface area (Å²) in [6.45, 7) is 8.16. The summed E-state index contributed by atoms with van der Waals surface area (Å²) in [5, 5.41) is 2.35. The number of rotatable bonds is 13. The van der Waals surface area contributed by atoms with Gasteiger partial charge in [-0.25, -0.2) is 9.59 Å². The van der Waals surface area contributed by atoms with Gasteiger partial charge in [-0.1, -0.05) is 0 Å². The summed E-state index contributed by atoms with van der Waals surface area (Å²) in [7, 11) is -3.35. The first-order valence-corrected chi connectivity index (χ1v) is 10.4. The molecule has 152 valence electrons. The third-order valence-corrected chi connectivity index (χ3v) is 5.44. The van der Waals surface area contributed by atoms with Gasteiger partial charge in [-0.3, -0.25) is 9.36 Å². The van der Waals surface area contributed by atoms with Crippen molar-refractivity contribution in [1.82, 2.24) is 5.32 Å². The number of ether oxygens (including phenoxy) is 2. The lowest BCUT2D eigenvalue weighted by atomic mass is 9.93. The zero-order valence-electron chi connectivity index (χ0n) is 16.2. The Kier molecular flexibility index (Phi) is 11.4. The molecule has 0 rings (SSSR count). The Hall–Kier alpha value is -1.44. The Balaban J connectivity index is 5.49. The van der Waals surface area contributed by atoms with E-state index in [1.54, 1.807) is 27.7 Å². The summed E-state index contributed by atoms with van der Waals surface area (Å²) < 4.78 is 32.9. The Morgan fingerprint density at radius 3 is 1.69 bits per heavy atom. The molecule has 0 saturated carbocycles. The van der Waals surface area contributed by atoms with Crippen LogP contribution in [0.5, 0.6) is 0 Å². The van der Waals surface area contributed by atoms with Crippen LogP contribution in [0.1, 0.15) is 47.5 Å². The standard InChI is InChI=1S/C16H30NO8P/c1-6-22-14(19)16(17-13(5)18,15(20)23-7-2)11-10-12-26(21,24-8-3)25-9-4/h6-12H2,1-5H3,(H,17,18). The van der Waals surface area contributed by atoms with Crippen LogP contribution in [0, 0.1) is 0 Å². The van der Waals surface area contributed by atoms with Gasteiger partial charge in [0.2, 0.25) is 11.4 Å². The average molecular weight is 395 g/mol. The number of hydrogen-bond acceptors (Lipinski definition) is 8. The molecular formula is C16H30NO8P. The molecule has 10 heteroatoms. The molecule has 0 aliphatic carbocycles. The first-order valence-electron chi connectivity index (χ1n) is 8.72. The molecule has 0 aromatic carbocycles. The van der Waals surface area contributed by atoms with E-state index in [9.17, 15) is 18.9 Å². The summed E-state index contributed by atoms with van der Waals surface area (Å²) in [5.41, 5.74) is -2.00. The summed E-state index contributed by atoms with van der Waals surface area (Å²) in [6.07, 6.45) is -0.0710. The Morgan fingerprint density at radius 2 is 1.35 bits per heavy atom. The SMILES string of the molecule is CCOC(=O)C(CCCP(=O)(OCC)OCC)(NC(C)=O)C(=O)OCC. The van der Waals surface area contributed by atoms with E-state index >= 15 is 0 Å². The second-order valence-corrected chi connectivity index (χ2v) is 7.49.